The fraction of sp³-hybridized carbons (Fsp3) is 0.375. The number of fused-ring (bicyclic) bond motifs is 3. The van der Waals surface area contributed by atoms with Crippen molar-refractivity contribution in [3.63, 3.8) is 0 Å². The molecule has 2 N–H and O–H groups in total. The van der Waals surface area contributed by atoms with E-state index in [9.17, 15) is 14.3 Å². The zero-order chi connectivity index (χ0) is 20.0. The number of nitrogens with zero attached hydrogens (tertiary/aromatic N) is 1. The van der Waals surface area contributed by atoms with E-state index in [0.29, 0.717) is 18.0 Å². The molecule has 2 aromatic rings. The molecule has 0 spiro atoms. The maximum Gasteiger partial charge on any atom is 0.254 e. The van der Waals surface area contributed by atoms with E-state index in [-0.39, 0.29) is 36.3 Å². The van der Waals surface area contributed by atoms with Crippen molar-refractivity contribution in [1.29, 1.82) is 0 Å². The summed E-state index contributed by atoms with van der Waals surface area (Å²) < 4.78 is 13.3. The topological polar surface area (TPSA) is 52.6 Å². The van der Waals surface area contributed by atoms with Gasteiger partial charge in [-0.15, -0.1) is 0 Å². The molecule has 2 heterocycles. The van der Waals surface area contributed by atoms with Crippen molar-refractivity contribution in [3.05, 3.63) is 65.0 Å². The number of likely N-dealkylation sites (tertiary alicyclic amines) is 1. The molecule has 2 aromatic carbocycles. The van der Waals surface area contributed by atoms with Gasteiger partial charge in [-0.05, 0) is 67.3 Å². The molecule has 3 aliphatic rings. The Bertz CT molecular complexity index is 1000. The summed E-state index contributed by atoms with van der Waals surface area (Å²) in [7, 11) is 0. The van der Waals surface area contributed by atoms with E-state index in [4.69, 9.17) is 0 Å². The lowest BCUT2D eigenvalue weighted by Crippen LogP contribution is -2.42. The minimum atomic E-state index is -0.354. The molecule has 148 valence electrons. The standard InChI is InChI=1S/C24H23FN2O2/c25-18-8-6-17(7-9-18)24(29)27-12-11-19-22(14-28)26-21-10-5-16(4-3-15-1-2-15)13-20(21)23(19)27/h5-10,13,15,19,22-23,26,28H,1-2,11-12,14H2/t19-,22-,23-/m1/s1. The number of carbonyl (C=O) groups excluding carboxylic acids is 1. The van der Waals surface area contributed by atoms with E-state index < -0.39 is 0 Å². The maximum absolute atomic E-state index is 13.3. The molecule has 0 aromatic heterocycles. The summed E-state index contributed by atoms with van der Waals surface area (Å²) >= 11 is 0. The Labute approximate surface area is 169 Å². The minimum absolute atomic E-state index is 0.0163. The van der Waals surface area contributed by atoms with Crippen LogP contribution in [0.4, 0.5) is 10.1 Å². The molecule has 3 atom stereocenters. The number of aliphatic hydroxyl groups is 1. The van der Waals surface area contributed by atoms with Crippen LogP contribution in [0.5, 0.6) is 0 Å². The second kappa shape index (κ2) is 7.20. The predicted octanol–water partition coefficient (Wildman–Crippen LogP) is 3.58. The van der Waals surface area contributed by atoms with E-state index in [1.807, 2.05) is 17.0 Å². The van der Waals surface area contributed by atoms with Gasteiger partial charge in [0.05, 0.1) is 18.7 Å². The Hall–Kier alpha value is -2.84. The van der Waals surface area contributed by atoms with Gasteiger partial charge in [-0.1, -0.05) is 11.8 Å². The highest BCUT2D eigenvalue weighted by Crippen LogP contribution is 2.47. The van der Waals surface area contributed by atoms with Gasteiger partial charge in [0.2, 0.25) is 0 Å². The zero-order valence-corrected chi connectivity index (χ0v) is 16.1. The largest absolute Gasteiger partial charge is 0.394 e. The second-order valence-corrected chi connectivity index (χ2v) is 8.18. The number of aliphatic hydroxyl groups excluding tert-OH is 1. The lowest BCUT2D eigenvalue weighted by molar-refractivity contribution is 0.0701. The first-order chi connectivity index (χ1) is 14.1. The second-order valence-electron chi connectivity index (χ2n) is 8.18. The van der Waals surface area contributed by atoms with Gasteiger partial charge < -0.3 is 15.3 Å². The molecule has 1 saturated heterocycles. The smallest absolute Gasteiger partial charge is 0.254 e. The van der Waals surface area contributed by atoms with Crippen molar-refractivity contribution in [2.45, 2.75) is 31.3 Å². The number of amides is 1. The highest BCUT2D eigenvalue weighted by atomic mass is 19.1. The zero-order valence-electron chi connectivity index (χ0n) is 16.1. The van der Waals surface area contributed by atoms with Gasteiger partial charge >= 0.3 is 0 Å². The first-order valence-electron chi connectivity index (χ1n) is 10.2. The first-order valence-corrected chi connectivity index (χ1v) is 10.2. The summed E-state index contributed by atoms with van der Waals surface area (Å²) in [4.78, 5) is 15.1. The third kappa shape index (κ3) is 3.38. The van der Waals surface area contributed by atoms with Crippen LogP contribution in [0.1, 0.15) is 46.8 Å². The van der Waals surface area contributed by atoms with Crippen LogP contribution >= 0.6 is 0 Å². The molecule has 2 aliphatic heterocycles. The van der Waals surface area contributed by atoms with Crippen LogP contribution in [0.3, 0.4) is 0 Å². The minimum Gasteiger partial charge on any atom is -0.394 e. The number of carbonyl (C=O) groups is 1. The van der Waals surface area contributed by atoms with Gasteiger partial charge in [-0.2, -0.15) is 0 Å². The lowest BCUT2D eigenvalue weighted by Gasteiger charge is -2.39. The van der Waals surface area contributed by atoms with Gasteiger partial charge in [-0.25, -0.2) is 4.39 Å². The summed E-state index contributed by atoms with van der Waals surface area (Å²) in [5.74, 6) is 6.77. The molecule has 0 bridgehead atoms. The van der Waals surface area contributed by atoms with Crippen molar-refractivity contribution in [1.82, 2.24) is 4.90 Å². The van der Waals surface area contributed by atoms with Crippen LogP contribution in [0.25, 0.3) is 0 Å². The number of hydrogen-bond donors (Lipinski definition) is 2. The normalized spacial score (nSPS) is 24.8. The molecule has 1 aliphatic carbocycles. The quantitative estimate of drug-likeness (QED) is 0.771. The first kappa shape index (κ1) is 18.2. The molecule has 1 amide bonds. The molecule has 5 heteroatoms. The lowest BCUT2D eigenvalue weighted by atomic mass is 9.82. The Kier molecular flexibility index (Phi) is 4.52. The number of nitrogens with one attached hydrogen (secondary N) is 1. The van der Waals surface area contributed by atoms with Crippen LogP contribution in [-0.4, -0.2) is 35.1 Å². The van der Waals surface area contributed by atoms with Crippen molar-refractivity contribution < 1.29 is 14.3 Å². The SMILES string of the molecule is O=C(c1ccc(F)cc1)N1CC[C@@H]2[C@@H](CO)Nc3ccc(C#CC4CC4)cc3[C@@H]21. The molecule has 5 rings (SSSR count). The number of anilines is 1. The third-order valence-electron chi connectivity index (χ3n) is 6.22. The van der Waals surface area contributed by atoms with E-state index >= 15 is 0 Å². The number of rotatable bonds is 2. The summed E-state index contributed by atoms with van der Waals surface area (Å²) in [6.07, 6.45) is 3.18. The monoisotopic (exact) mass is 390 g/mol. The molecule has 1 saturated carbocycles. The average Bonchev–Trinajstić information content (AvgIpc) is 3.47. The van der Waals surface area contributed by atoms with Crippen molar-refractivity contribution >= 4 is 11.6 Å². The molecule has 2 fully saturated rings. The Morgan fingerprint density at radius 2 is 1.97 bits per heavy atom. The van der Waals surface area contributed by atoms with Gasteiger partial charge in [-0.3, -0.25) is 4.79 Å². The van der Waals surface area contributed by atoms with Crippen LogP contribution in [0, 0.1) is 29.5 Å². The van der Waals surface area contributed by atoms with Crippen LogP contribution in [0.2, 0.25) is 0 Å². The number of hydrogen-bond acceptors (Lipinski definition) is 3. The third-order valence-corrected chi connectivity index (χ3v) is 6.22. The van der Waals surface area contributed by atoms with Crippen LogP contribution in [-0.2, 0) is 0 Å². The van der Waals surface area contributed by atoms with Crippen molar-refractivity contribution in [3.8, 4) is 11.8 Å². The Morgan fingerprint density at radius 3 is 2.69 bits per heavy atom. The predicted molar refractivity (Wildman–Crippen MR) is 109 cm³/mol. The average molecular weight is 390 g/mol. The Morgan fingerprint density at radius 1 is 1.17 bits per heavy atom. The van der Waals surface area contributed by atoms with Gasteiger partial charge in [0, 0.05) is 35.2 Å². The molecular weight excluding hydrogens is 367 g/mol. The summed E-state index contributed by atoms with van der Waals surface area (Å²) in [5, 5.41) is 13.4. The molecule has 0 radical (unpaired) electrons. The van der Waals surface area contributed by atoms with Crippen LogP contribution in [0.15, 0.2) is 42.5 Å². The highest BCUT2D eigenvalue weighted by molar-refractivity contribution is 5.95. The number of benzene rings is 2. The summed E-state index contributed by atoms with van der Waals surface area (Å²) in [6, 6.07) is 11.6. The fourth-order valence-electron chi connectivity index (χ4n) is 4.54. The summed E-state index contributed by atoms with van der Waals surface area (Å²) in [6.45, 7) is 0.629. The van der Waals surface area contributed by atoms with E-state index in [2.05, 4.69) is 23.2 Å². The van der Waals surface area contributed by atoms with E-state index in [1.54, 1.807) is 0 Å². The molecule has 4 nitrogen and oxygen atoms in total. The molecule has 29 heavy (non-hydrogen) atoms. The van der Waals surface area contributed by atoms with Gasteiger partial charge in [0.15, 0.2) is 0 Å². The van der Waals surface area contributed by atoms with E-state index in [0.717, 1.165) is 23.2 Å². The summed E-state index contributed by atoms with van der Waals surface area (Å²) in [5.41, 5.74) is 3.44. The van der Waals surface area contributed by atoms with Crippen LogP contribution < -0.4 is 5.32 Å². The van der Waals surface area contributed by atoms with Gasteiger partial charge in [0.25, 0.3) is 5.91 Å². The molecule has 0 unspecified atom stereocenters. The van der Waals surface area contributed by atoms with Crippen molar-refractivity contribution in [2.75, 3.05) is 18.5 Å². The van der Waals surface area contributed by atoms with Crippen molar-refractivity contribution in [2.24, 2.45) is 11.8 Å². The maximum atomic E-state index is 13.3. The Balaban J connectivity index is 1.52. The van der Waals surface area contributed by atoms with E-state index in [1.165, 1.54) is 37.1 Å². The molecular formula is C24H23FN2O2. The highest BCUT2D eigenvalue weighted by Gasteiger charge is 2.45. The fourth-order valence-corrected chi connectivity index (χ4v) is 4.54. The number of halogens is 1. The van der Waals surface area contributed by atoms with Gasteiger partial charge in [0.1, 0.15) is 5.82 Å².